The van der Waals surface area contributed by atoms with Crippen molar-refractivity contribution in [2.45, 2.75) is 30.6 Å². The van der Waals surface area contributed by atoms with Crippen molar-refractivity contribution in [2.75, 3.05) is 12.5 Å². The predicted octanol–water partition coefficient (Wildman–Crippen LogP) is 3.43. The first-order valence-electron chi connectivity index (χ1n) is 4.97. The molecule has 14 heavy (non-hydrogen) atoms. The molecular formula is C11H16OS2. The summed E-state index contributed by atoms with van der Waals surface area (Å²) in [6.45, 7) is 0. The summed E-state index contributed by atoms with van der Waals surface area (Å²) in [7, 11) is 0. The molecule has 0 N–H and O–H groups in total. The lowest BCUT2D eigenvalue weighted by atomic mass is 10.1. The third kappa shape index (κ3) is 2.74. The van der Waals surface area contributed by atoms with Gasteiger partial charge in [-0.15, -0.1) is 11.8 Å². The Hall–Kier alpha value is -0.0200. The summed E-state index contributed by atoms with van der Waals surface area (Å²) in [4.78, 5) is 1.45. The number of allylic oxidation sites excluding steroid dienone is 2. The Morgan fingerprint density at radius 3 is 2.71 bits per heavy atom. The smallest absolute Gasteiger partial charge is 0.117 e. The number of ether oxygens (including phenoxy) is 1. The number of rotatable bonds is 4. The molecule has 0 spiro atoms. The Morgan fingerprint density at radius 2 is 2.14 bits per heavy atom. The molecule has 1 saturated carbocycles. The van der Waals surface area contributed by atoms with Crippen molar-refractivity contribution in [2.24, 2.45) is 0 Å². The van der Waals surface area contributed by atoms with Gasteiger partial charge >= 0.3 is 0 Å². The van der Waals surface area contributed by atoms with Crippen molar-refractivity contribution in [1.29, 1.82) is 0 Å². The van der Waals surface area contributed by atoms with Crippen LogP contribution in [0, 0.1) is 0 Å². The van der Waals surface area contributed by atoms with Crippen molar-refractivity contribution in [1.82, 2.24) is 0 Å². The fourth-order valence-corrected chi connectivity index (χ4v) is 2.75. The summed E-state index contributed by atoms with van der Waals surface area (Å²) in [5.41, 5.74) is 0. The maximum atomic E-state index is 5.82. The van der Waals surface area contributed by atoms with E-state index >= 15 is 0 Å². The van der Waals surface area contributed by atoms with E-state index < -0.39 is 0 Å². The minimum atomic E-state index is 0.515. The van der Waals surface area contributed by atoms with Crippen LogP contribution >= 0.6 is 23.5 Å². The summed E-state index contributed by atoms with van der Waals surface area (Å²) < 4.78 is 5.82. The van der Waals surface area contributed by atoms with Crippen LogP contribution in [0.2, 0.25) is 0 Å². The molecule has 3 heteroatoms. The van der Waals surface area contributed by atoms with Gasteiger partial charge in [0.05, 0.1) is 6.10 Å². The Balaban J connectivity index is 2.02. The van der Waals surface area contributed by atoms with Crippen molar-refractivity contribution in [3.05, 3.63) is 22.8 Å². The first-order chi connectivity index (χ1) is 6.81. The number of hydrogen-bond donors (Lipinski definition) is 0. The van der Waals surface area contributed by atoms with Crippen LogP contribution in [0.25, 0.3) is 0 Å². The Morgan fingerprint density at radius 1 is 1.36 bits per heavy atom. The highest BCUT2D eigenvalue weighted by Gasteiger charge is 2.25. The van der Waals surface area contributed by atoms with E-state index in [1.165, 1.54) is 24.2 Å². The van der Waals surface area contributed by atoms with E-state index in [4.69, 9.17) is 4.74 Å². The molecule has 0 aromatic carbocycles. The van der Waals surface area contributed by atoms with Gasteiger partial charge in [-0.2, -0.15) is 11.8 Å². The third-order valence-electron chi connectivity index (χ3n) is 2.45. The Bertz CT molecular complexity index is 266. The largest absolute Gasteiger partial charge is 0.491 e. The molecule has 0 amide bonds. The average Bonchev–Trinajstić information content (AvgIpc) is 3.01. The lowest BCUT2D eigenvalue weighted by molar-refractivity contribution is 0.207. The van der Waals surface area contributed by atoms with Crippen molar-refractivity contribution < 1.29 is 4.74 Å². The second-order valence-electron chi connectivity index (χ2n) is 3.68. The van der Waals surface area contributed by atoms with Gasteiger partial charge in [0.25, 0.3) is 0 Å². The second kappa shape index (κ2) is 4.67. The van der Waals surface area contributed by atoms with Gasteiger partial charge in [-0.05, 0) is 48.8 Å². The van der Waals surface area contributed by atoms with Gasteiger partial charge in [0.2, 0.25) is 0 Å². The van der Waals surface area contributed by atoms with Crippen LogP contribution < -0.4 is 0 Å². The lowest BCUT2D eigenvalue weighted by Crippen LogP contribution is -2.07. The van der Waals surface area contributed by atoms with E-state index in [-0.39, 0.29) is 0 Å². The highest BCUT2D eigenvalue weighted by Crippen LogP contribution is 2.34. The first kappa shape index (κ1) is 10.5. The molecule has 0 heterocycles. The van der Waals surface area contributed by atoms with Crippen molar-refractivity contribution >= 4 is 23.5 Å². The topological polar surface area (TPSA) is 9.23 Å². The molecule has 0 radical (unpaired) electrons. The van der Waals surface area contributed by atoms with Gasteiger partial charge in [0.1, 0.15) is 5.76 Å². The average molecular weight is 228 g/mol. The normalized spacial score (nSPS) is 26.9. The molecule has 1 unspecified atom stereocenters. The highest BCUT2D eigenvalue weighted by atomic mass is 32.2. The van der Waals surface area contributed by atoms with Gasteiger partial charge in [-0.3, -0.25) is 0 Å². The van der Waals surface area contributed by atoms with E-state index in [9.17, 15) is 0 Å². The third-order valence-corrected chi connectivity index (χ3v) is 4.16. The van der Waals surface area contributed by atoms with Crippen LogP contribution in [-0.2, 0) is 4.74 Å². The minimum absolute atomic E-state index is 0.515. The first-order valence-corrected chi connectivity index (χ1v) is 7.49. The quantitative estimate of drug-likeness (QED) is 0.729. The predicted molar refractivity (Wildman–Crippen MR) is 65.7 cm³/mol. The number of hydrogen-bond acceptors (Lipinski definition) is 3. The number of thioether (sulfide) groups is 2. The fourth-order valence-electron chi connectivity index (χ4n) is 1.45. The van der Waals surface area contributed by atoms with E-state index in [0.29, 0.717) is 11.4 Å². The molecule has 0 aromatic rings. The van der Waals surface area contributed by atoms with Crippen molar-refractivity contribution in [3.8, 4) is 0 Å². The van der Waals surface area contributed by atoms with Crippen LogP contribution in [-0.4, -0.2) is 23.9 Å². The van der Waals surface area contributed by atoms with Crippen LogP contribution in [0.5, 0.6) is 0 Å². The summed E-state index contributed by atoms with van der Waals surface area (Å²) >= 11 is 3.75. The molecule has 0 aromatic heterocycles. The molecule has 0 aliphatic heterocycles. The monoisotopic (exact) mass is 228 g/mol. The van der Waals surface area contributed by atoms with Crippen LogP contribution in [0.4, 0.5) is 0 Å². The van der Waals surface area contributed by atoms with Crippen LogP contribution in [0.3, 0.4) is 0 Å². The Kier molecular flexibility index (Phi) is 3.50. The molecule has 1 nitrogen and oxygen atoms in total. The molecule has 0 bridgehead atoms. The summed E-state index contributed by atoms with van der Waals surface area (Å²) in [6.07, 6.45) is 12.9. The fraction of sp³-hybridized carbons (Fsp3) is 0.636. The molecule has 1 fully saturated rings. The van der Waals surface area contributed by atoms with Gasteiger partial charge < -0.3 is 4.74 Å². The van der Waals surface area contributed by atoms with Crippen LogP contribution in [0.15, 0.2) is 22.8 Å². The van der Waals surface area contributed by atoms with E-state index in [1.807, 2.05) is 23.5 Å². The van der Waals surface area contributed by atoms with Crippen LogP contribution in [0.1, 0.15) is 19.3 Å². The zero-order valence-corrected chi connectivity index (χ0v) is 10.3. The molecule has 2 aliphatic carbocycles. The molecule has 1 atom stereocenters. The maximum absolute atomic E-state index is 5.82. The highest BCUT2D eigenvalue weighted by molar-refractivity contribution is 8.02. The van der Waals surface area contributed by atoms with E-state index in [1.54, 1.807) is 0 Å². The molecule has 2 aliphatic rings. The zero-order chi connectivity index (χ0) is 9.97. The standard InChI is InChI=1S/C11H16OS2/c1-13-10-5-9(12-8-3-4-8)6-11(7-10)14-2/h5-6,8,10H,3-4,7H2,1-2H3. The van der Waals surface area contributed by atoms with E-state index in [2.05, 4.69) is 24.7 Å². The summed E-state index contributed by atoms with van der Waals surface area (Å²) in [6, 6.07) is 0. The molecular weight excluding hydrogens is 212 g/mol. The minimum Gasteiger partial charge on any atom is -0.491 e. The maximum Gasteiger partial charge on any atom is 0.117 e. The van der Waals surface area contributed by atoms with Crippen molar-refractivity contribution in [3.63, 3.8) is 0 Å². The van der Waals surface area contributed by atoms with Gasteiger partial charge in [0, 0.05) is 5.25 Å². The molecule has 2 rings (SSSR count). The zero-order valence-electron chi connectivity index (χ0n) is 8.66. The summed E-state index contributed by atoms with van der Waals surface area (Å²) in [5.74, 6) is 1.10. The van der Waals surface area contributed by atoms with Gasteiger partial charge in [-0.25, -0.2) is 0 Å². The van der Waals surface area contributed by atoms with E-state index in [0.717, 1.165) is 5.76 Å². The second-order valence-corrected chi connectivity index (χ2v) is 5.69. The molecule has 0 saturated heterocycles. The van der Waals surface area contributed by atoms with Gasteiger partial charge in [-0.1, -0.05) is 0 Å². The SMILES string of the molecule is CSC1=CC(OC2CC2)=CC(SC)C1. The summed E-state index contributed by atoms with van der Waals surface area (Å²) in [5, 5.41) is 0.608. The molecule has 78 valence electrons. The Labute approximate surface area is 94.4 Å². The lowest BCUT2D eigenvalue weighted by Gasteiger charge is -2.19. The van der Waals surface area contributed by atoms with Gasteiger partial charge in [0.15, 0.2) is 0 Å².